The lowest BCUT2D eigenvalue weighted by Crippen LogP contribution is -2.17. The summed E-state index contributed by atoms with van der Waals surface area (Å²) in [6.45, 7) is 3.09. The van der Waals surface area contributed by atoms with Crippen molar-refractivity contribution in [2.24, 2.45) is 0 Å². The number of benzene rings is 1. The number of nitrogens with one attached hydrogen (secondary N) is 2. The molecule has 0 unspecified atom stereocenters. The van der Waals surface area contributed by atoms with Crippen molar-refractivity contribution in [1.29, 1.82) is 0 Å². The van der Waals surface area contributed by atoms with Gasteiger partial charge in [0.15, 0.2) is 0 Å². The molecule has 7 nitrogen and oxygen atoms in total. The fourth-order valence-corrected chi connectivity index (χ4v) is 2.75. The van der Waals surface area contributed by atoms with Crippen molar-refractivity contribution in [3.8, 4) is 5.75 Å². The first-order valence-corrected chi connectivity index (χ1v) is 8.57. The van der Waals surface area contributed by atoms with E-state index in [1.54, 1.807) is 24.2 Å². The zero-order valence-corrected chi connectivity index (χ0v) is 15.3. The van der Waals surface area contributed by atoms with Gasteiger partial charge in [-0.15, -0.1) is 0 Å². The van der Waals surface area contributed by atoms with Gasteiger partial charge >= 0.3 is 0 Å². The lowest BCUT2D eigenvalue weighted by atomic mass is 10.1. The molecule has 1 atom stereocenters. The molecule has 0 saturated heterocycles. The molecule has 8 heteroatoms. The highest BCUT2D eigenvalue weighted by Gasteiger charge is 2.11. The highest BCUT2D eigenvalue weighted by atomic mass is 35.5. The van der Waals surface area contributed by atoms with E-state index in [4.69, 9.17) is 16.3 Å². The molecule has 2 N–H and O–H groups in total. The largest absolute Gasteiger partial charge is 0.497 e. The standard InChI is InChI=1S/C18H20ClN5O2/c1-12(10-24-11-14(19)9-21-24)16-7-17(25)23-18(22-16)20-8-13-4-3-5-15(6-13)26-2/h3-7,9,11-12H,8,10H2,1-2H3,(H2,20,22,23,25)/t12-/m1/s1. The van der Waals surface area contributed by atoms with Crippen LogP contribution in [0.25, 0.3) is 0 Å². The van der Waals surface area contributed by atoms with Gasteiger partial charge in [0, 0.05) is 31.3 Å². The molecule has 0 fully saturated rings. The average molecular weight is 374 g/mol. The summed E-state index contributed by atoms with van der Waals surface area (Å²) < 4.78 is 6.95. The number of aromatic nitrogens is 4. The third-order valence-electron chi connectivity index (χ3n) is 3.92. The van der Waals surface area contributed by atoms with Crippen molar-refractivity contribution in [3.05, 3.63) is 69.4 Å². The number of ether oxygens (including phenoxy) is 1. The van der Waals surface area contributed by atoms with Gasteiger partial charge in [-0.1, -0.05) is 30.7 Å². The van der Waals surface area contributed by atoms with E-state index in [9.17, 15) is 4.79 Å². The summed E-state index contributed by atoms with van der Waals surface area (Å²) in [6, 6.07) is 9.21. The maximum atomic E-state index is 12.0. The second-order valence-corrected chi connectivity index (χ2v) is 6.44. The first-order chi connectivity index (χ1) is 12.5. The lowest BCUT2D eigenvalue weighted by molar-refractivity contribution is 0.414. The summed E-state index contributed by atoms with van der Waals surface area (Å²) in [6.07, 6.45) is 3.33. The van der Waals surface area contributed by atoms with E-state index in [0.29, 0.717) is 29.8 Å². The van der Waals surface area contributed by atoms with Gasteiger partial charge in [-0.3, -0.25) is 14.5 Å². The first kappa shape index (κ1) is 18.0. The Balaban J connectivity index is 1.71. The molecule has 0 aliphatic rings. The highest BCUT2D eigenvalue weighted by Crippen LogP contribution is 2.17. The molecule has 2 aromatic heterocycles. The van der Waals surface area contributed by atoms with Crippen LogP contribution in [0.4, 0.5) is 5.95 Å². The summed E-state index contributed by atoms with van der Waals surface area (Å²) >= 11 is 5.89. The fraction of sp³-hybridized carbons (Fsp3) is 0.278. The number of H-pyrrole nitrogens is 1. The SMILES string of the molecule is COc1cccc(CNc2nc([C@H](C)Cn3cc(Cl)cn3)cc(=O)[nH]2)c1. The van der Waals surface area contributed by atoms with Crippen LogP contribution in [-0.4, -0.2) is 26.9 Å². The van der Waals surface area contributed by atoms with Crippen LogP contribution in [0, 0.1) is 0 Å². The zero-order chi connectivity index (χ0) is 18.5. The van der Waals surface area contributed by atoms with Crippen LogP contribution in [0.5, 0.6) is 5.75 Å². The second-order valence-electron chi connectivity index (χ2n) is 6.01. The van der Waals surface area contributed by atoms with E-state index in [-0.39, 0.29) is 11.5 Å². The van der Waals surface area contributed by atoms with Crippen LogP contribution < -0.4 is 15.6 Å². The highest BCUT2D eigenvalue weighted by molar-refractivity contribution is 6.30. The molecule has 0 spiro atoms. The number of hydrogen-bond acceptors (Lipinski definition) is 5. The van der Waals surface area contributed by atoms with Crippen molar-refractivity contribution in [3.63, 3.8) is 0 Å². The molecular formula is C18H20ClN5O2. The monoisotopic (exact) mass is 373 g/mol. The summed E-state index contributed by atoms with van der Waals surface area (Å²) in [4.78, 5) is 19.2. The Morgan fingerprint density at radius 1 is 1.38 bits per heavy atom. The number of aromatic amines is 1. The minimum Gasteiger partial charge on any atom is -0.497 e. The Morgan fingerprint density at radius 2 is 2.23 bits per heavy atom. The number of nitrogens with zero attached hydrogens (tertiary/aromatic N) is 3. The van der Waals surface area contributed by atoms with Gasteiger partial charge in [-0.25, -0.2) is 4.98 Å². The second kappa shape index (κ2) is 8.05. The van der Waals surface area contributed by atoms with E-state index < -0.39 is 0 Å². The zero-order valence-electron chi connectivity index (χ0n) is 14.6. The Hall–Kier alpha value is -2.80. The molecular weight excluding hydrogens is 354 g/mol. The van der Waals surface area contributed by atoms with Crippen molar-refractivity contribution >= 4 is 17.5 Å². The summed E-state index contributed by atoms with van der Waals surface area (Å²) in [7, 11) is 1.63. The minimum atomic E-state index is -0.200. The van der Waals surface area contributed by atoms with Gasteiger partial charge < -0.3 is 10.1 Å². The van der Waals surface area contributed by atoms with Gasteiger partial charge in [0.05, 0.1) is 24.0 Å². The minimum absolute atomic E-state index is 0.00522. The van der Waals surface area contributed by atoms with Crippen molar-refractivity contribution in [2.75, 3.05) is 12.4 Å². The number of rotatable bonds is 7. The molecule has 26 heavy (non-hydrogen) atoms. The normalized spacial score (nSPS) is 12.0. The predicted molar refractivity (Wildman–Crippen MR) is 101 cm³/mol. The lowest BCUT2D eigenvalue weighted by Gasteiger charge is -2.13. The fourth-order valence-electron chi connectivity index (χ4n) is 2.59. The Bertz CT molecular complexity index is 937. The van der Waals surface area contributed by atoms with Crippen LogP contribution in [-0.2, 0) is 13.1 Å². The van der Waals surface area contributed by atoms with E-state index in [1.165, 1.54) is 6.07 Å². The molecule has 0 bridgehead atoms. The van der Waals surface area contributed by atoms with Crippen molar-refractivity contribution in [2.45, 2.75) is 25.9 Å². The maximum Gasteiger partial charge on any atom is 0.252 e. The van der Waals surface area contributed by atoms with Crippen LogP contribution >= 0.6 is 11.6 Å². The van der Waals surface area contributed by atoms with Gasteiger partial charge in [0.25, 0.3) is 5.56 Å². The molecule has 0 amide bonds. The van der Waals surface area contributed by atoms with Crippen molar-refractivity contribution in [1.82, 2.24) is 19.7 Å². The molecule has 1 aromatic carbocycles. The third-order valence-corrected chi connectivity index (χ3v) is 4.12. The predicted octanol–water partition coefficient (Wildman–Crippen LogP) is 3.04. The summed E-state index contributed by atoms with van der Waals surface area (Å²) in [5, 5.41) is 7.89. The Labute approximate surface area is 156 Å². The number of hydrogen-bond donors (Lipinski definition) is 2. The van der Waals surface area contributed by atoms with E-state index >= 15 is 0 Å². The topological polar surface area (TPSA) is 84.8 Å². The molecule has 3 rings (SSSR count). The van der Waals surface area contributed by atoms with Gasteiger partial charge in [-0.2, -0.15) is 5.10 Å². The molecule has 0 aliphatic heterocycles. The first-order valence-electron chi connectivity index (χ1n) is 8.19. The van der Waals surface area contributed by atoms with Crippen molar-refractivity contribution < 1.29 is 4.74 Å². The molecule has 0 saturated carbocycles. The quantitative estimate of drug-likeness (QED) is 0.665. The average Bonchev–Trinajstić information content (AvgIpc) is 3.04. The van der Waals surface area contributed by atoms with Gasteiger partial charge in [0.2, 0.25) is 5.95 Å². The van der Waals surface area contributed by atoms with Crippen LogP contribution in [0.3, 0.4) is 0 Å². The summed E-state index contributed by atoms with van der Waals surface area (Å²) in [5.41, 5.74) is 1.51. The van der Waals surface area contributed by atoms with Gasteiger partial charge in [-0.05, 0) is 17.7 Å². The van der Waals surface area contributed by atoms with Crippen LogP contribution in [0.2, 0.25) is 5.02 Å². The van der Waals surface area contributed by atoms with Crippen LogP contribution in [0.1, 0.15) is 24.1 Å². The molecule has 2 heterocycles. The van der Waals surface area contributed by atoms with Gasteiger partial charge in [0.1, 0.15) is 5.75 Å². The molecule has 0 aliphatic carbocycles. The van der Waals surface area contributed by atoms with E-state index in [0.717, 1.165) is 11.3 Å². The van der Waals surface area contributed by atoms with E-state index in [1.807, 2.05) is 31.2 Å². The number of anilines is 1. The summed E-state index contributed by atoms with van der Waals surface area (Å²) in [5.74, 6) is 1.22. The molecule has 3 aromatic rings. The third kappa shape index (κ3) is 4.64. The van der Waals surface area contributed by atoms with Crippen LogP contribution in [0.15, 0.2) is 47.5 Å². The molecule has 136 valence electrons. The molecule has 0 radical (unpaired) electrons. The van der Waals surface area contributed by atoms with E-state index in [2.05, 4.69) is 20.4 Å². The number of methoxy groups -OCH3 is 1. The Morgan fingerprint density at radius 3 is 2.96 bits per heavy atom. The smallest absolute Gasteiger partial charge is 0.252 e. The Kier molecular flexibility index (Phi) is 5.58. The maximum absolute atomic E-state index is 12.0. The number of halogens is 1.